The fourth-order valence-corrected chi connectivity index (χ4v) is 7.73. The summed E-state index contributed by atoms with van der Waals surface area (Å²) in [7, 11) is 3.75. The second-order valence-corrected chi connectivity index (χ2v) is 13.5. The van der Waals surface area contributed by atoms with Crippen molar-refractivity contribution in [3.05, 3.63) is 65.4 Å². The van der Waals surface area contributed by atoms with Crippen LogP contribution in [0.1, 0.15) is 36.8 Å². The number of nitrogens with one attached hydrogen (secondary N) is 2. The Morgan fingerprint density at radius 1 is 0.615 bits per heavy atom. The number of halogens is 4. The number of unbranched alkanes of at least 4 members (excludes halogenated alkanes) is 2. The van der Waals surface area contributed by atoms with E-state index in [-0.39, 0.29) is 25.9 Å². The Morgan fingerprint density at radius 3 is 1.31 bits per heavy atom. The van der Waals surface area contributed by atoms with E-state index < -0.39 is 23.3 Å². The average Bonchev–Trinajstić information content (AvgIpc) is 2.85. The second-order valence-electron chi connectivity index (χ2n) is 9.81. The van der Waals surface area contributed by atoms with Crippen molar-refractivity contribution in [2.45, 2.75) is 38.5 Å². The van der Waals surface area contributed by atoms with Crippen molar-refractivity contribution in [3.63, 3.8) is 0 Å². The number of carbonyl (C=O) groups is 3. The number of urea groups is 1. The van der Waals surface area contributed by atoms with Crippen LogP contribution in [0.4, 0.5) is 4.79 Å². The van der Waals surface area contributed by atoms with Gasteiger partial charge in [-0.3, -0.25) is 19.4 Å². The quantitative estimate of drug-likeness (QED) is 0.174. The molecule has 39 heavy (non-hydrogen) atoms. The lowest BCUT2D eigenvalue weighted by atomic mass is 9.72. The predicted molar refractivity (Wildman–Crippen MR) is 169 cm³/mol. The number of hydrogen-bond acceptors (Lipinski definition) is 5. The first kappa shape index (κ1) is 32.4. The molecule has 2 aromatic rings. The molecule has 0 aromatic heterocycles. The van der Waals surface area contributed by atoms with Crippen molar-refractivity contribution in [1.82, 2.24) is 20.4 Å². The maximum Gasteiger partial charge on any atom is 0.333 e. The summed E-state index contributed by atoms with van der Waals surface area (Å²) in [6.45, 7) is 2.11. The van der Waals surface area contributed by atoms with E-state index in [1.54, 1.807) is 0 Å². The molecule has 0 unspecified atom stereocenters. The van der Waals surface area contributed by atoms with Gasteiger partial charge in [0.1, 0.15) is 5.41 Å². The SMILES string of the molecule is CNCCCCN1C(=O)N(CCCCNC)C(=O)C(Cc2cc(Br)cc(Br)c2)(Cc2cc(Br)cc(Br)c2)C1=O. The smallest absolute Gasteiger partial charge is 0.320 e. The van der Waals surface area contributed by atoms with Crippen molar-refractivity contribution in [3.8, 4) is 0 Å². The third-order valence-corrected chi connectivity index (χ3v) is 8.58. The van der Waals surface area contributed by atoms with E-state index in [2.05, 4.69) is 74.4 Å². The largest absolute Gasteiger partial charge is 0.333 e. The van der Waals surface area contributed by atoms with Gasteiger partial charge in [-0.2, -0.15) is 0 Å². The molecule has 0 spiro atoms. The van der Waals surface area contributed by atoms with Crippen molar-refractivity contribution in [2.24, 2.45) is 5.41 Å². The van der Waals surface area contributed by atoms with E-state index in [4.69, 9.17) is 0 Å². The van der Waals surface area contributed by atoms with Crippen LogP contribution in [0.3, 0.4) is 0 Å². The fourth-order valence-electron chi connectivity index (χ4n) is 4.95. The van der Waals surface area contributed by atoms with Crippen LogP contribution in [-0.2, 0) is 22.4 Å². The van der Waals surface area contributed by atoms with Crippen LogP contribution in [0.5, 0.6) is 0 Å². The van der Waals surface area contributed by atoms with Gasteiger partial charge in [0.05, 0.1) is 0 Å². The zero-order valence-corrected chi connectivity index (χ0v) is 28.5. The van der Waals surface area contributed by atoms with Gasteiger partial charge in [0.25, 0.3) is 0 Å². The van der Waals surface area contributed by atoms with Crippen LogP contribution in [0, 0.1) is 5.41 Å². The Labute approximate surface area is 264 Å². The van der Waals surface area contributed by atoms with Gasteiger partial charge in [0.2, 0.25) is 11.8 Å². The Balaban J connectivity index is 2.11. The van der Waals surface area contributed by atoms with E-state index in [0.29, 0.717) is 12.8 Å². The molecule has 3 rings (SSSR count). The lowest BCUT2D eigenvalue weighted by molar-refractivity contribution is -0.159. The molecule has 11 heteroatoms. The third kappa shape index (κ3) is 8.45. The van der Waals surface area contributed by atoms with Crippen molar-refractivity contribution < 1.29 is 14.4 Å². The molecule has 2 N–H and O–H groups in total. The zero-order valence-electron chi connectivity index (χ0n) is 22.2. The summed E-state index contributed by atoms with van der Waals surface area (Å²) in [4.78, 5) is 45.0. The lowest BCUT2D eigenvalue weighted by Crippen LogP contribution is -2.66. The van der Waals surface area contributed by atoms with Crippen molar-refractivity contribution in [1.29, 1.82) is 0 Å². The number of benzene rings is 2. The number of carbonyl (C=O) groups excluding carboxylic acids is 3. The van der Waals surface area contributed by atoms with Crippen LogP contribution in [0.25, 0.3) is 0 Å². The Hall–Kier alpha value is -1.11. The summed E-state index contributed by atoms with van der Waals surface area (Å²) in [5.41, 5.74) is 0.179. The molecule has 1 fully saturated rings. The number of hydrogen-bond donors (Lipinski definition) is 2. The highest BCUT2D eigenvalue weighted by atomic mass is 79.9. The predicted octanol–water partition coefficient (Wildman–Crippen LogP) is 6.30. The van der Waals surface area contributed by atoms with E-state index in [0.717, 1.165) is 54.9 Å². The van der Waals surface area contributed by atoms with E-state index in [1.807, 2.05) is 50.5 Å². The van der Waals surface area contributed by atoms with E-state index in [9.17, 15) is 14.4 Å². The number of rotatable bonds is 14. The maximum absolute atomic E-state index is 14.4. The summed E-state index contributed by atoms with van der Waals surface area (Å²) in [6, 6.07) is 11.0. The summed E-state index contributed by atoms with van der Waals surface area (Å²) in [6.07, 6.45) is 3.27. The number of nitrogens with zero attached hydrogens (tertiary/aromatic N) is 2. The molecule has 4 amide bonds. The van der Waals surface area contributed by atoms with Gasteiger partial charge in [-0.25, -0.2) is 4.79 Å². The second kappa shape index (κ2) is 15.2. The molecule has 1 saturated heterocycles. The van der Waals surface area contributed by atoms with Gasteiger partial charge >= 0.3 is 6.03 Å². The molecule has 0 atom stereocenters. The molecule has 0 aliphatic carbocycles. The molecule has 0 radical (unpaired) electrons. The minimum atomic E-state index is -1.47. The molecule has 2 aromatic carbocycles. The standard InChI is InChI=1S/C28H34Br4N4O3/c1-33-7-3-5-9-35-25(37)28(17-19-11-21(29)15-22(30)12-19,18-20-13-23(31)16-24(32)14-20)26(38)36(27(35)39)10-6-4-8-34-2/h11-16,33-34H,3-10,17-18H2,1-2H3. The molecule has 212 valence electrons. The summed E-state index contributed by atoms with van der Waals surface area (Å²) in [5, 5.41) is 6.22. The highest BCUT2D eigenvalue weighted by Gasteiger charge is 2.56. The molecule has 0 saturated carbocycles. The van der Waals surface area contributed by atoms with Crippen LogP contribution in [0.2, 0.25) is 0 Å². The molecule has 1 aliphatic heterocycles. The average molecular weight is 794 g/mol. The van der Waals surface area contributed by atoms with Gasteiger partial charge in [-0.1, -0.05) is 63.7 Å². The monoisotopic (exact) mass is 790 g/mol. The minimum absolute atomic E-state index is 0.167. The highest BCUT2D eigenvalue weighted by molar-refractivity contribution is 9.11. The molecule has 1 aliphatic rings. The number of barbiturate groups is 1. The first-order chi connectivity index (χ1) is 18.6. The van der Waals surface area contributed by atoms with Gasteiger partial charge in [0.15, 0.2) is 0 Å². The molecule has 1 heterocycles. The number of amides is 4. The summed E-state index contributed by atoms with van der Waals surface area (Å²) in [5.74, 6) is -0.860. The molecule has 0 bridgehead atoms. The van der Waals surface area contributed by atoms with E-state index in [1.165, 1.54) is 9.80 Å². The fraction of sp³-hybridized carbons (Fsp3) is 0.464. The maximum atomic E-state index is 14.4. The zero-order chi connectivity index (χ0) is 28.6. The third-order valence-electron chi connectivity index (χ3n) is 6.74. The molecular formula is C28H34Br4N4O3. The Kier molecular flexibility index (Phi) is 12.6. The number of imide groups is 2. The first-order valence-corrected chi connectivity index (χ1v) is 16.2. The summed E-state index contributed by atoms with van der Waals surface area (Å²) >= 11 is 14.2. The van der Waals surface area contributed by atoms with Crippen LogP contribution >= 0.6 is 63.7 Å². The normalized spacial score (nSPS) is 15.4. The van der Waals surface area contributed by atoms with Crippen LogP contribution in [0.15, 0.2) is 54.3 Å². The molecule has 7 nitrogen and oxygen atoms in total. The van der Waals surface area contributed by atoms with Gasteiger partial charge < -0.3 is 10.6 Å². The topological polar surface area (TPSA) is 81.8 Å². The lowest BCUT2D eigenvalue weighted by Gasteiger charge is -2.44. The first-order valence-electron chi connectivity index (χ1n) is 13.0. The van der Waals surface area contributed by atoms with Gasteiger partial charge in [-0.05, 0) is 113 Å². The Bertz CT molecular complexity index is 1060. The van der Waals surface area contributed by atoms with Crippen LogP contribution < -0.4 is 10.6 Å². The van der Waals surface area contributed by atoms with E-state index >= 15 is 0 Å². The van der Waals surface area contributed by atoms with Crippen molar-refractivity contribution >= 4 is 81.6 Å². The Morgan fingerprint density at radius 2 is 0.974 bits per heavy atom. The van der Waals surface area contributed by atoms with Gasteiger partial charge in [-0.15, -0.1) is 0 Å². The van der Waals surface area contributed by atoms with Crippen LogP contribution in [-0.4, -0.2) is 67.9 Å². The highest BCUT2D eigenvalue weighted by Crippen LogP contribution is 2.39. The molecular weight excluding hydrogens is 760 g/mol. The van der Waals surface area contributed by atoms with Gasteiger partial charge in [0, 0.05) is 31.0 Å². The minimum Gasteiger partial charge on any atom is -0.320 e. The summed E-state index contributed by atoms with van der Waals surface area (Å²) < 4.78 is 3.36. The van der Waals surface area contributed by atoms with Crippen molar-refractivity contribution in [2.75, 3.05) is 40.3 Å².